The van der Waals surface area contributed by atoms with Gasteiger partial charge in [-0.25, -0.2) is 0 Å². The number of allylic oxidation sites excluding steroid dienone is 1. The summed E-state index contributed by atoms with van der Waals surface area (Å²) in [5, 5.41) is 2.85. The Hall–Kier alpha value is -2.05. The van der Waals surface area contributed by atoms with Gasteiger partial charge in [0.05, 0.1) is 19.3 Å². The molecule has 0 saturated carbocycles. The molecule has 1 aliphatic heterocycles. The number of nitrogens with zero attached hydrogens (tertiary/aromatic N) is 1. The Morgan fingerprint density at radius 3 is 2.68 bits per heavy atom. The van der Waals surface area contributed by atoms with Crippen LogP contribution in [0.2, 0.25) is 0 Å². The molecule has 2 rings (SSSR count). The predicted octanol–water partition coefficient (Wildman–Crippen LogP) is 3.13. The van der Waals surface area contributed by atoms with Crippen LogP contribution < -0.4 is 14.8 Å². The van der Waals surface area contributed by atoms with Crippen molar-refractivity contribution in [3.8, 4) is 11.5 Å². The van der Waals surface area contributed by atoms with E-state index in [0.29, 0.717) is 36.1 Å². The molecule has 1 N–H and O–H groups in total. The number of ether oxygens (including phenoxy) is 3. The van der Waals surface area contributed by atoms with Gasteiger partial charge < -0.3 is 19.5 Å². The minimum Gasteiger partial charge on any atom is -0.497 e. The Balaban J connectivity index is 1.96. The van der Waals surface area contributed by atoms with Crippen molar-refractivity contribution >= 4 is 5.91 Å². The van der Waals surface area contributed by atoms with E-state index in [1.54, 1.807) is 32.4 Å². The third-order valence-corrected chi connectivity index (χ3v) is 4.74. The van der Waals surface area contributed by atoms with E-state index in [2.05, 4.69) is 36.2 Å². The van der Waals surface area contributed by atoms with E-state index in [1.165, 1.54) is 0 Å². The molecule has 1 aromatic carbocycles. The van der Waals surface area contributed by atoms with Crippen molar-refractivity contribution in [3.05, 3.63) is 35.9 Å². The zero-order chi connectivity index (χ0) is 20.4. The Morgan fingerprint density at radius 1 is 1.29 bits per heavy atom. The molecule has 0 aliphatic carbocycles. The summed E-state index contributed by atoms with van der Waals surface area (Å²) >= 11 is 0. The molecule has 1 amide bonds. The van der Waals surface area contributed by atoms with Crippen LogP contribution in [0, 0.1) is 5.92 Å². The fourth-order valence-electron chi connectivity index (χ4n) is 3.15. The summed E-state index contributed by atoms with van der Waals surface area (Å²) in [4.78, 5) is 14.9. The maximum absolute atomic E-state index is 12.5. The number of benzene rings is 1. The van der Waals surface area contributed by atoms with Gasteiger partial charge in [-0.2, -0.15) is 0 Å². The van der Waals surface area contributed by atoms with E-state index in [0.717, 1.165) is 32.5 Å². The summed E-state index contributed by atoms with van der Waals surface area (Å²) in [7, 11) is 3.22. The second-order valence-electron chi connectivity index (χ2n) is 7.40. The fraction of sp³-hybridized carbons (Fsp3) is 0.591. The monoisotopic (exact) mass is 390 g/mol. The normalized spacial score (nSPS) is 15.9. The largest absolute Gasteiger partial charge is 0.497 e. The van der Waals surface area contributed by atoms with Gasteiger partial charge in [0.2, 0.25) is 0 Å². The molecule has 0 spiro atoms. The zero-order valence-corrected chi connectivity index (χ0v) is 17.6. The highest BCUT2D eigenvalue weighted by molar-refractivity contribution is 5.97. The van der Waals surface area contributed by atoms with Crippen LogP contribution in [0.4, 0.5) is 0 Å². The predicted molar refractivity (Wildman–Crippen MR) is 111 cm³/mol. The number of carbonyl (C=O) groups excluding carboxylic acids is 1. The molecular weight excluding hydrogens is 356 g/mol. The Kier molecular flexibility index (Phi) is 9.31. The number of methoxy groups -OCH3 is 2. The summed E-state index contributed by atoms with van der Waals surface area (Å²) < 4.78 is 16.5. The van der Waals surface area contributed by atoms with Gasteiger partial charge in [0.1, 0.15) is 17.6 Å². The Bertz CT molecular complexity index is 637. The van der Waals surface area contributed by atoms with Crippen molar-refractivity contribution in [2.24, 2.45) is 5.92 Å². The molecule has 1 fully saturated rings. The summed E-state index contributed by atoms with van der Waals surface area (Å²) in [5.41, 5.74) is 0.527. The van der Waals surface area contributed by atoms with Crippen LogP contribution in [-0.2, 0) is 4.74 Å². The summed E-state index contributed by atoms with van der Waals surface area (Å²) in [5.74, 6) is 1.68. The average molecular weight is 391 g/mol. The Morgan fingerprint density at radius 2 is 2.04 bits per heavy atom. The topological polar surface area (TPSA) is 60.0 Å². The molecule has 0 unspecified atom stereocenters. The van der Waals surface area contributed by atoms with Crippen LogP contribution in [0.25, 0.3) is 0 Å². The van der Waals surface area contributed by atoms with Crippen LogP contribution in [0.15, 0.2) is 30.4 Å². The molecule has 6 nitrogen and oxygen atoms in total. The highest BCUT2D eigenvalue weighted by Gasteiger charge is 2.22. The highest BCUT2D eigenvalue weighted by atomic mass is 16.5. The molecule has 0 radical (unpaired) electrons. The standard InChI is InChI=1S/C22H34N2O4/c1-17(2)6-5-12-24-13-9-18(10-14-24)28-21-16-19(27-4)7-8-20(21)22(25)23-11-15-26-3/h5-8,16-18H,9-15H2,1-4H3,(H,23,25)/b6-5+. The van der Waals surface area contributed by atoms with Crippen LogP contribution in [0.5, 0.6) is 11.5 Å². The van der Waals surface area contributed by atoms with Crippen molar-refractivity contribution in [2.45, 2.75) is 32.8 Å². The molecular formula is C22H34N2O4. The van der Waals surface area contributed by atoms with Crippen LogP contribution in [0.1, 0.15) is 37.0 Å². The van der Waals surface area contributed by atoms with E-state index < -0.39 is 0 Å². The fourth-order valence-corrected chi connectivity index (χ4v) is 3.15. The quantitative estimate of drug-likeness (QED) is 0.491. The number of likely N-dealkylation sites (tertiary alicyclic amines) is 1. The SMILES string of the molecule is COCCNC(=O)c1ccc(OC)cc1OC1CCN(C/C=C/C(C)C)CC1. The number of amides is 1. The van der Waals surface area contributed by atoms with Gasteiger partial charge in [-0.05, 0) is 30.9 Å². The van der Waals surface area contributed by atoms with Gasteiger partial charge in [-0.3, -0.25) is 9.69 Å². The van der Waals surface area contributed by atoms with Crippen molar-refractivity contribution in [2.75, 3.05) is 47.0 Å². The van der Waals surface area contributed by atoms with Crippen molar-refractivity contribution in [1.82, 2.24) is 10.2 Å². The number of hydrogen-bond donors (Lipinski definition) is 1. The van der Waals surface area contributed by atoms with Gasteiger partial charge in [-0.1, -0.05) is 26.0 Å². The molecule has 0 bridgehead atoms. The molecule has 1 saturated heterocycles. The van der Waals surface area contributed by atoms with E-state index in [-0.39, 0.29) is 12.0 Å². The minimum atomic E-state index is -0.161. The van der Waals surface area contributed by atoms with E-state index in [1.807, 2.05) is 0 Å². The number of carbonyl (C=O) groups is 1. The third-order valence-electron chi connectivity index (χ3n) is 4.74. The molecule has 156 valence electrons. The lowest BCUT2D eigenvalue weighted by Crippen LogP contribution is -2.38. The number of hydrogen-bond acceptors (Lipinski definition) is 5. The van der Waals surface area contributed by atoms with Crippen LogP contribution in [-0.4, -0.2) is 63.9 Å². The second-order valence-corrected chi connectivity index (χ2v) is 7.40. The van der Waals surface area contributed by atoms with Crippen molar-refractivity contribution in [1.29, 1.82) is 0 Å². The lowest BCUT2D eigenvalue weighted by atomic mass is 10.1. The first kappa shape index (κ1) is 22.2. The van der Waals surface area contributed by atoms with E-state index in [9.17, 15) is 4.79 Å². The summed E-state index contributed by atoms with van der Waals surface area (Å²) in [6, 6.07) is 5.33. The molecule has 0 aromatic heterocycles. The summed E-state index contributed by atoms with van der Waals surface area (Å²) in [6.07, 6.45) is 6.47. The third kappa shape index (κ3) is 7.17. The van der Waals surface area contributed by atoms with Crippen molar-refractivity contribution in [3.63, 3.8) is 0 Å². The average Bonchev–Trinajstić information content (AvgIpc) is 2.69. The van der Waals surface area contributed by atoms with Crippen LogP contribution in [0.3, 0.4) is 0 Å². The van der Waals surface area contributed by atoms with E-state index >= 15 is 0 Å². The maximum Gasteiger partial charge on any atom is 0.255 e. The van der Waals surface area contributed by atoms with Crippen LogP contribution >= 0.6 is 0 Å². The molecule has 6 heteroatoms. The second kappa shape index (κ2) is 11.7. The molecule has 1 aromatic rings. The van der Waals surface area contributed by atoms with Gasteiger partial charge >= 0.3 is 0 Å². The minimum absolute atomic E-state index is 0.1000. The van der Waals surface area contributed by atoms with Gasteiger partial charge in [0, 0.05) is 39.4 Å². The van der Waals surface area contributed by atoms with Crippen molar-refractivity contribution < 1.29 is 19.0 Å². The first-order valence-electron chi connectivity index (χ1n) is 10.0. The number of rotatable bonds is 10. The van der Waals surface area contributed by atoms with Gasteiger partial charge in [0.15, 0.2) is 0 Å². The summed E-state index contributed by atoms with van der Waals surface area (Å²) in [6.45, 7) is 8.28. The molecule has 0 atom stereocenters. The van der Waals surface area contributed by atoms with Gasteiger partial charge in [-0.15, -0.1) is 0 Å². The molecule has 28 heavy (non-hydrogen) atoms. The molecule has 1 aliphatic rings. The highest BCUT2D eigenvalue weighted by Crippen LogP contribution is 2.28. The number of piperidine rings is 1. The maximum atomic E-state index is 12.5. The lowest BCUT2D eigenvalue weighted by Gasteiger charge is -2.32. The zero-order valence-electron chi connectivity index (χ0n) is 17.6. The Labute approximate surface area is 168 Å². The number of nitrogens with one attached hydrogen (secondary N) is 1. The first-order chi connectivity index (χ1) is 13.5. The van der Waals surface area contributed by atoms with E-state index in [4.69, 9.17) is 14.2 Å². The molecule has 1 heterocycles. The first-order valence-corrected chi connectivity index (χ1v) is 10.0. The smallest absolute Gasteiger partial charge is 0.255 e. The lowest BCUT2D eigenvalue weighted by molar-refractivity contribution is 0.0905. The van der Waals surface area contributed by atoms with Gasteiger partial charge in [0.25, 0.3) is 5.91 Å².